The van der Waals surface area contributed by atoms with E-state index in [0.717, 1.165) is 21.0 Å². The summed E-state index contributed by atoms with van der Waals surface area (Å²) < 4.78 is 5.70. The van der Waals surface area contributed by atoms with E-state index in [1.54, 1.807) is 18.2 Å². The quantitative estimate of drug-likeness (QED) is 0.366. The van der Waals surface area contributed by atoms with Crippen LogP contribution in [0.3, 0.4) is 0 Å². The standard InChI is InChI=1S/C21H18Cl2N4O2S/c1-10-12(3)30-21-17(10)19(28)26-18(27-21)11(2)25-14-4-6-15(7-5-14)29-20-16(23)8-13(22)9-24-20/h4-9,11,25H,1-3H3,(H,26,27,28). The molecule has 6 nitrogen and oxygen atoms in total. The summed E-state index contributed by atoms with van der Waals surface area (Å²) in [7, 11) is 0. The Labute approximate surface area is 186 Å². The molecule has 1 aromatic carbocycles. The molecule has 1 unspecified atom stereocenters. The number of H-pyrrole nitrogens is 1. The number of nitrogens with zero attached hydrogens (tertiary/aromatic N) is 2. The number of benzene rings is 1. The number of aromatic amines is 1. The van der Waals surface area contributed by atoms with Gasteiger partial charge in [0.1, 0.15) is 21.4 Å². The number of halogens is 2. The SMILES string of the molecule is Cc1sc2nc(C(C)Nc3ccc(Oc4ncc(Cl)cc4Cl)cc3)[nH]c(=O)c2c1C. The van der Waals surface area contributed by atoms with Gasteiger partial charge in [-0.3, -0.25) is 4.79 Å². The molecule has 0 fully saturated rings. The summed E-state index contributed by atoms with van der Waals surface area (Å²) in [6, 6.07) is 8.71. The van der Waals surface area contributed by atoms with E-state index in [9.17, 15) is 4.79 Å². The maximum Gasteiger partial charge on any atom is 0.259 e. The van der Waals surface area contributed by atoms with Crippen LogP contribution in [0.25, 0.3) is 10.2 Å². The average Bonchev–Trinajstić information content (AvgIpc) is 2.99. The molecule has 4 aromatic rings. The van der Waals surface area contributed by atoms with Crippen LogP contribution in [-0.4, -0.2) is 15.0 Å². The molecule has 9 heteroatoms. The number of thiophene rings is 1. The number of hydrogen-bond donors (Lipinski definition) is 2. The Bertz CT molecular complexity index is 1280. The second-order valence-electron chi connectivity index (χ2n) is 6.85. The molecule has 2 N–H and O–H groups in total. The van der Waals surface area contributed by atoms with Gasteiger partial charge in [0.25, 0.3) is 5.56 Å². The lowest BCUT2D eigenvalue weighted by Gasteiger charge is -2.15. The van der Waals surface area contributed by atoms with Crippen LogP contribution in [0.1, 0.15) is 29.2 Å². The maximum atomic E-state index is 12.5. The number of aromatic nitrogens is 3. The Balaban J connectivity index is 1.50. The minimum atomic E-state index is -0.191. The van der Waals surface area contributed by atoms with Gasteiger partial charge >= 0.3 is 0 Å². The molecule has 3 heterocycles. The molecule has 0 saturated carbocycles. The van der Waals surface area contributed by atoms with Crippen molar-refractivity contribution in [2.45, 2.75) is 26.8 Å². The summed E-state index contributed by atoms with van der Waals surface area (Å²) in [4.78, 5) is 26.0. The molecule has 3 aromatic heterocycles. The summed E-state index contributed by atoms with van der Waals surface area (Å²) >= 11 is 13.5. The van der Waals surface area contributed by atoms with Crippen molar-refractivity contribution in [3.63, 3.8) is 0 Å². The molecule has 0 amide bonds. The highest BCUT2D eigenvalue weighted by atomic mass is 35.5. The number of nitrogens with one attached hydrogen (secondary N) is 2. The van der Waals surface area contributed by atoms with Crippen molar-refractivity contribution in [2.24, 2.45) is 0 Å². The minimum absolute atomic E-state index is 0.110. The van der Waals surface area contributed by atoms with Gasteiger partial charge in [-0.2, -0.15) is 0 Å². The van der Waals surface area contributed by atoms with Crippen LogP contribution in [0.2, 0.25) is 10.0 Å². The lowest BCUT2D eigenvalue weighted by molar-refractivity contribution is 0.463. The van der Waals surface area contributed by atoms with E-state index in [1.165, 1.54) is 17.5 Å². The topological polar surface area (TPSA) is 79.9 Å². The molecule has 0 saturated heterocycles. The second kappa shape index (κ2) is 8.26. The zero-order valence-electron chi connectivity index (χ0n) is 16.4. The molecule has 0 radical (unpaired) electrons. The Kier molecular flexibility index (Phi) is 5.69. The van der Waals surface area contributed by atoms with Crippen molar-refractivity contribution in [1.82, 2.24) is 15.0 Å². The third-order valence-electron chi connectivity index (χ3n) is 4.69. The summed E-state index contributed by atoms with van der Waals surface area (Å²) in [5.41, 5.74) is 1.73. The Morgan fingerprint density at radius 2 is 1.93 bits per heavy atom. The van der Waals surface area contributed by atoms with Crippen LogP contribution < -0.4 is 15.6 Å². The summed E-state index contributed by atoms with van der Waals surface area (Å²) in [6.07, 6.45) is 1.47. The number of ether oxygens (including phenoxy) is 1. The van der Waals surface area contributed by atoms with Gasteiger partial charge in [-0.25, -0.2) is 9.97 Å². The number of aryl methyl sites for hydroxylation is 2. The van der Waals surface area contributed by atoms with Gasteiger partial charge in [-0.15, -0.1) is 11.3 Å². The Morgan fingerprint density at radius 1 is 1.20 bits per heavy atom. The van der Waals surface area contributed by atoms with Gasteiger partial charge in [0.15, 0.2) is 0 Å². The maximum absolute atomic E-state index is 12.5. The molecule has 0 bridgehead atoms. The molecule has 4 rings (SSSR count). The first-order chi connectivity index (χ1) is 14.3. The van der Waals surface area contributed by atoms with Crippen molar-refractivity contribution in [1.29, 1.82) is 0 Å². The number of pyridine rings is 1. The average molecular weight is 461 g/mol. The van der Waals surface area contributed by atoms with Crippen molar-refractivity contribution < 1.29 is 4.74 Å². The van der Waals surface area contributed by atoms with Crippen LogP contribution in [0.4, 0.5) is 5.69 Å². The van der Waals surface area contributed by atoms with Crippen molar-refractivity contribution in [3.8, 4) is 11.6 Å². The molecule has 0 spiro atoms. The van der Waals surface area contributed by atoms with Crippen LogP contribution >= 0.6 is 34.5 Å². The molecule has 0 aliphatic rings. The third-order valence-corrected chi connectivity index (χ3v) is 6.27. The van der Waals surface area contributed by atoms with E-state index in [4.69, 9.17) is 27.9 Å². The summed E-state index contributed by atoms with van der Waals surface area (Å²) in [6.45, 7) is 5.89. The number of fused-ring (bicyclic) bond motifs is 1. The lowest BCUT2D eigenvalue weighted by atomic mass is 10.2. The molecule has 154 valence electrons. The Morgan fingerprint density at radius 3 is 2.63 bits per heavy atom. The molecule has 0 aliphatic heterocycles. The van der Waals surface area contributed by atoms with Gasteiger partial charge in [-0.05, 0) is 56.7 Å². The van der Waals surface area contributed by atoms with E-state index < -0.39 is 0 Å². The predicted octanol–water partition coefficient (Wildman–Crippen LogP) is 6.27. The fourth-order valence-corrected chi connectivity index (χ4v) is 4.46. The molecule has 30 heavy (non-hydrogen) atoms. The van der Waals surface area contributed by atoms with Crippen LogP contribution in [-0.2, 0) is 0 Å². The van der Waals surface area contributed by atoms with E-state index in [1.807, 2.05) is 32.9 Å². The highest BCUT2D eigenvalue weighted by Gasteiger charge is 2.15. The van der Waals surface area contributed by atoms with Crippen molar-refractivity contribution in [2.75, 3.05) is 5.32 Å². The summed E-state index contributed by atoms with van der Waals surface area (Å²) in [5.74, 6) is 1.46. The van der Waals surface area contributed by atoms with Crippen LogP contribution in [0.15, 0.2) is 41.3 Å². The normalized spacial score (nSPS) is 12.2. The van der Waals surface area contributed by atoms with E-state index in [0.29, 0.717) is 27.0 Å². The number of anilines is 1. The van der Waals surface area contributed by atoms with Crippen molar-refractivity contribution >= 4 is 50.4 Å². The zero-order chi connectivity index (χ0) is 21.4. The molecular weight excluding hydrogens is 443 g/mol. The molecular formula is C21H18Cl2N4O2S. The smallest absolute Gasteiger partial charge is 0.259 e. The van der Waals surface area contributed by atoms with E-state index >= 15 is 0 Å². The molecule has 0 aliphatic carbocycles. The number of rotatable bonds is 5. The van der Waals surface area contributed by atoms with Gasteiger partial charge in [0, 0.05) is 16.8 Å². The largest absolute Gasteiger partial charge is 0.438 e. The van der Waals surface area contributed by atoms with Gasteiger partial charge in [0.05, 0.1) is 16.5 Å². The van der Waals surface area contributed by atoms with Crippen LogP contribution in [0, 0.1) is 13.8 Å². The van der Waals surface area contributed by atoms with Gasteiger partial charge in [0.2, 0.25) is 5.88 Å². The van der Waals surface area contributed by atoms with Gasteiger partial charge < -0.3 is 15.0 Å². The first kappa shape index (κ1) is 20.7. The predicted molar refractivity (Wildman–Crippen MR) is 123 cm³/mol. The van der Waals surface area contributed by atoms with Crippen molar-refractivity contribution in [3.05, 3.63) is 73.2 Å². The fourth-order valence-electron chi connectivity index (χ4n) is 3.00. The summed E-state index contributed by atoms with van der Waals surface area (Å²) in [5, 5.41) is 4.79. The zero-order valence-corrected chi connectivity index (χ0v) is 18.7. The highest BCUT2D eigenvalue weighted by molar-refractivity contribution is 7.18. The first-order valence-corrected chi connectivity index (χ1v) is 10.7. The second-order valence-corrected chi connectivity index (χ2v) is 8.89. The van der Waals surface area contributed by atoms with E-state index in [-0.39, 0.29) is 17.5 Å². The van der Waals surface area contributed by atoms with Gasteiger partial charge in [-0.1, -0.05) is 23.2 Å². The highest BCUT2D eigenvalue weighted by Crippen LogP contribution is 2.30. The lowest BCUT2D eigenvalue weighted by Crippen LogP contribution is -2.17. The van der Waals surface area contributed by atoms with E-state index in [2.05, 4.69) is 20.3 Å². The monoisotopic (exact) mass is 460 g/mol. The Hall–Kier alpha value is -2.61. The minimum Gasteiger partial charge on any atom is -0.438 e. The van der Waals surface area contributed by atoms with Crippen LogP contribution in [0.5, 0.6) is 11.6 Å². The number of hydrogen-bond acceptors (Lipinski definition) is 6. The third kappa shape index (κ3) is 4.14. The fraction of sp³-hybridized carbons (Fsp3) is 0.190. The first-order valence-electron chi connectivity index (χ1n) is 9.17. The molecule has 1 atom stereocenters.